The van der Waals surface area contributed by atoms with Crippen molar-refractivity contribution in [3.63, 3.8) is 0 Å². The van der Waals surface area contributed by atoms with E-state index in [-0.39, 0.29) is 12.2 Å². The van der Waals surface area contributed by atoms with Crippen LogP contribution in [0.1, 0.15) is 30.3 Å². The summed E-state index contributed by atoms with van der Waals surface area (Å²) < 4.78 is 18.9. The van der Waals surface area contributed by atoms with E-state index in [0.29, 0.717) is 37.7 Å². The summed E-state index contributed by atoms with van der Waals surface area (Å²) in [5, 5.41) is 1.92. The number of aromatic nitrogens is 1. The molecule has 7 nitrogen and oxygen atoms in total. The molecule has 0 bridgehead atoms. The summed E-state index contributed by atoms with van der Waals surface area (Å²) in [4.78, 5) is 32.4. The molecule has 0 saturated heterocycles. The fourth-order valence-electron chi connectivity index (χ4n) is 3.64. The van der Waals surface area contributed by atoms with E-state index in [9.17, 15) is 9.59 Å². The van der Waals surface area contributed by atoms with Gasteiger partial charge in [-0.3, -0.25) is 9.36 Å². The van der Waals surface area contributed by atoms with Gasteiger partial charge in [0.05, 0.1) is 41.1 Å². The molecule has 1 atom stereocenters. The molecule has 4 rings (SSSR count). The van der Waals surface area contributed by atoms with Crippen molar-refractivity contribution in [3.8, 4) is 11.5 Å². The molecule has 10 heteroatoms. The van der Waals surface area contributed by atoms with Gasteiger partial charge in [0.15, 0.2) is 4.80 Å². The average molecular weight is 549 g/mol. The average Bonchev–Trinajstić information content (AvgIpc) is 3.42. The van der Waals surface area contributed by atoms with E-state index >= 15 is 0 Å². The number of nitrogens with zero attached hydrogens (tertiary/aromatic N) is 2. The van der Waals surface area contributed by atoms with Crippen molar-refractivity contribution < 1.29 is 19.0 Å². The number of thiophene rings is 1. The second-order valence-corrected chi connectivity index (χ2v) is 9.89. The summed E-state index contributed by atoms with van der Waals surface area (Å²) in [5.74, 6) is 0.726. The van der Waals surface area contributed by atoms with Crippen LogP contribution in [0.4, 0.5) is 0 Å². The number of hydrogen-bond donors (Lipinski definition) is 0. The van der Waals surface area contributed by atoms with Crippen LogP contribution in [0.25, 0.3) is 6.08 Å². The third-order valence-electron chi connectivity index (χ3n) is 5.12. The first kappa shape index (κ1) is 23.5. The van der Waals surface area contributed by atoms with Gasteiger partial charge in [0.2, 0.25) is 0 Å². The Balaban J connectivity index is 1.94. The van der Waals surface area contributed by atoms with Gasteiger partial charge in [-0.15, -0.1) is 11.3 Å². The summed E-state index contributed by atoms with van der Waals surface area (Å²) in [7, 11) is 3.14. The van der Waals surface area contributed by atoms with Crippen molar-refractivity contribution in [2.75, 3.05) is 20.8 Å². The van der Waals surface area contributed by atoms with Gasteiger partial charge < -0.3 is 14.2 Å². The highest BCUT2D eigenvalue weighted by Crippen LogP contribution is 2.34. The summed E-state index contributed by atoms with van der Waals surface area (Å²) in [5.41, 5.74) is 1.40. The molecule has 33 heavy (non-hydrogen) atoms. The lowest BCUT2D eigenvalue weighted by molar-refractivity contribution is -0.139. The molecule has 2 aromatic heterocycles. The number of carbonyl (C=O) groups excluding carboxylic acids is 1. The molecular formula is C23H21BrN2O5S2. The number of methoxy groups -OCH3 is 2. The minimum atomic E-state index is -0.591. The Labute approximate surface area is 206 Å². The van der Waals surface area contributed by atoms with Gasteiger partial charge in [-0.05, 0) is 53.4 Å². The predicted molar refractivity (Wildman–Crippen MR) is 132 cm³/mol. The maximum Gasteiger partial charge on any atom is 0.338 e. The van der Waals surface area contributed by atoms with Crippen LogP contribution in [0.2, 0.25) is 0 Å². The number of halogens is 1. The van der Waals surface area contributed by atoms with Crippen LogP contribution in [0.3, 0.4) is 0 Å². The lowest BCUT2D eigenvalue weighted by Gasteiger charge is -2.23. The Bertz CT molecular complexity index is 1420. The summed E-state index contributed by atoms with van der Waals surface area (Å²) >= 11 is 6.23. The monoisotopic (exact) mass is 548 g/mol. The first-order valence-corrected chi connectivity index (χ1v) is 12.5. The van der Waals surface area contributed by atoms with Crippen molar-refractivity contribution in [2.24, 2.45) is 4.99 Å². The third kappa shape index (κ3) is 4.30. The molecule has 0 N–H and O–H groups in total. The highest BCUT2D eigenvalue weighted by Gasteiger charge is 2.33. The van der Waals surface area contributed by atoms with E-state index in [4.69, 9.17) is 14.2 Å². The lowest BCUT2D eigenvalue weighted by Crippen LogP contribution is -2.39. The van der Waals surface area contributed by atoms with Crippen molar-refractivity contribution in [2.45, 2.75) is 19.9 Å². The standard InChI is InChI=1S/C23H21BrN2O5S2/c1-5-31-22(28)19-12(2)25-23-26(20(19)17-7-6-8-32-17)21(27)18(33-23)10-13-9-14(24)16(30-4)11-15(13)29-3/h6-11,20H,5H2,1-4H3/b18-10-/t20-/m0/s1. The van der Waals surface area contributed by atoms with Crippen LogP contribution >= 0.6 is 38.6 Å². The van der Waals surface area contributed by atoms with E-state index in [0.717, 1.165) is 9.35 Å². The van der Waals surface area contributed by atoms with E-state index < -0.39 is 12.0 Å². The molecule has 3 aromatic rings. The van der Waals surface area contributed by atoms with E-state index in [1.165, 1.54) is 22.7 Å². The van der Waals surface area contributed by atoms with Crippen molar-refractivity contribution in [1.29, 1.82) is 0 Å². The minimum absolute atomic E-state index is 0.236. The quantitative estimate of drug-likeness (QED) is 0.439. The Hall–Kier alpha value is -2.69. The minimum Gasteiger partial charge on any atom is -0.496 e. The SMILES string of the molecule is CCOC(=O)C1=C(C)N=c2s/c(=C\c3cc(Br)c(OC)cc3OC)c(=O)n2[C@H]1c1cccs1. The maximum absolute atomic E-state index is 13.6. The van der Waals surface area contributed by atoms with Crippen LogP contribution < -0.4 is 24.4 Å². The number of esters is 1. The summed E-state index contributed by atoms with van der Waals surface area (Å²) in [6.07, 6.45) is 1.77. The van der Waals surface area contributed by atoms with Gasteiger partial charge in [0.25, 0.3) is 5.56 Å². The van der Waals surface area contributed by atoms with Crippen LogP contribution in [0, 0.1) is 0 Å². The van der Waals surface area contributed by atoms with Gasteiger partial charge in [0, 0.05) is 16.5 Å². The molecule has 1 aliphatic heterocycles. The van der Waals surface area contributed by atoms with E-state index in [1.807, 2.05) is 23.6 Å². The first-order chi connectivity index (χ1) is 15.9. The zero-order chi connectivity index (χ0) is 23.7. The lowest BCUT2D eigenvalue weighted by atomic mass is 10.0. The number of benzene rings is 1. The predicted octanol–water partition coefficient (Wildman–Crippen LogP) is 3.64. The number of carbonyl (C=O) groups is 1. The normalized spacial score (nSPS) is 15.8. The molecule has 0 spiro atoms. The molecule has 0 aliphatic carbocycles. The van der Waals surface area contributed by atoms with Crippen LogP contribution in [-0.2, 0) is 9.53 Å². The second-order valence-electron chi connectivity index (χ2n) is 7.05. The topological polar surface area (TPSA) is 79.1 Å². The van der Waals surface area contributed by atoms with Crippen LogP contribution in [0.15, 0.2) is 55.2 Å². The zero-order valence-corrected chi connectivity index (χ0v) is 21.6. The van der Waals surface area contributed by atoms with Gasteiger partial charge in [-0.25, -0.2) is 9.79 Å². The van der Waals surface area contributed by atoms with Gasteiger partial charge in [-0.1, -0.05) is 17.4 Å². The van der Waals surface area contributed by atoms with E-state index in [2.05, 4.69) is 20.9 Å². The molecule has 1 aromatic carbocycles. The van der Waals surface area contributed by atoms with E-state index in [1.54, 1.807) is 44.8 Å². The fraction of sp³-hybridized carbons (Fsp3) is 0.261. The number of ether oxygens (including phenoxy) is 3. The molecule has 0 amide bonds. The highest BCUT2D eigenvalue weighted by molar-refractivity contribution is 9.10. The maximum atomic E-state index is 13.6. The number of rotatable bonds is 6. The smallest absolute Gasteiger partial charge is 0.338 e. The van der Waals surface area contributed by atoms with Gasteiger partial charge in [0.1, 0.15) is 17.5 Å². The third-order valence-corrected chi connectivity index (χ3v) is 7.65. The van der Waals surface area contributed by atoms with Gasteiger partial charge in [-0.2, -0.15) is 0 Å². The van der Waals surface area contributed by atoms with Crippen LogP contribution in [-0.4, -0.2) is 31.4 Å². The molecule has 172 valence electrons. The van der Waals surface area contributed by atoms with Crippen molar-refractivity contribution in [1.82, 2.24) is 4.57 Å². The zero-order valence-electron chi connectivity index (χ0n) is 18.4. The molecule has 0 radical (unpaired) electrons. The van der Waals surface area contributed by atoms with Crippen LogP contribution in [0.5, 0.6) is 11.5 Å². The second kappa shape index (κ2) is 9.66. The molecular weight excluding hydrogens is 528 g/mol. The Morgan fingerprint density at radius 3 is 2.67 bits per heavy atom. The fourth-order valence-corrected chi connectivity index (χ4v) is 6.03. The summed E-state index contributed by atoms with van der Waals surface area (Å²) in [6, 6.07) is 6.81. The Morgan fingerprint density at radius 2 is 2.03 bits per heavy atom. The Kier molecular flexibility index (Phi) is 6.87. The number of hydrogen-bond acceptors (Lipinski definition) is 8. The molecule has 1 aliphatic rings. The van der Waals surface area contributed by atoms with Crippen molar-refractivity contribution >= 4 is 50.6 Å². The number of thiazole rings is 1. The Morgan fingerprint density at radius 1 is 1.27 bits per heavy atom. The van der Waals surface area contributed by atoms with Gasteiger partial charge >= 0.3 is 5.97 Å². The largest absolute Gasteiger partial charge is 0.496 e. The summed E-state index contributed by atoms with van der Waals surface area (Å²) in [6.45, 7) is 3.76. The first-order valence-electron chi connectivity index (χ1n) is 10.0. The molecule has 3 heterocycles. The molecule has 0 saturated carbocycles. The number of fused-ring (bicyclic) bond motifs is 1. The molecule has 0 unspecified atom stereocenters. The molecule has 0 fully saturated rings. The van der Waals surface area contributed by atoms with Crippen molar-refractivity contribution in [3.05, 3.63) is 75.5 Å². The highest BCUT2D eigenvalue weighted by atomic mass is 79.9. The number of allylic oxidation sites excluding steroid dienone is 1.